The Morgan fingerprint density at radius 3 is 1.19 bits per heavy atom. The summed E-state index contributed by atoms with van der Waals surface area (Å²) in [6.07, 6.45) is 0. The molecule has 26 heavy (non-hydrogen) atoms. The number of hydrogen-bond donors (Lipinski definition) is 0. The van der Waals surface area contributed by atoms with Crippen molar-refractivity contribution in [1.82, 2.24) is 0 Å². The third-order valence-electron chi connectivity index (χ3n) is 4.91. The highest BCUT2D eigenvalue weighted by Gasteiger charge is 2.35. The van der Waals surface area contributed by atoms with Crippen molar-refractivity contribution in [3.05, 3.63) is 108 Å². The highest BCUT2D eigenvalue weighted by Crippen LogP contribution is 2.43. The Balaban J connectivity index is 0.000000791. The summed E-state index contributed by atoms with van der Waals surface area (Å²) >= 11 is 0. The summed E-state index contributed by atoms with van der Waals surface area (Å²) in [5, 5.41) is 0. The van der Waals surface area contributed by atoms with Gasteiger partial charge in [0, 0.05) is 5.41 Å². The van der Waals surface area contributed by atoms with Gasteiger partial charge in [-0.3, -0.25) is 0 Å². The molecule has 1 unspecified atom stereocenters. The van der Waals surface area contributed by atoms with Crippen LogP contribution in [0.5, 0.6) is 0 Å². The van der Waals surface area contributed by atoms with E-state index in [1.165, 1.54) is 16.7 Å². The van der Waals surface area contributed by atoms with E-state index in [4.69, 9.17) is 0 Å². The van der Waals surface area contributed by atoms with E-state index < -0.39 is 0 Å². The summed E-state index contributed by atoms with van der Waals surface area (Å²) in [6.45, 7) is 12.7. The Morgan fingerprint density at radius 2 is 0.846 bits per heavy atom. The summed E-state index contributed by atoms with van der Waals surface area (Å²) in [5.74, 6) is 0.388. The van der Waals surface area contributed by atoms with Gasteiger partial charge in [0.05, 0.1) is 0 Å². The van der Waals surface area contributed by atoms with Gasteiger partial charge in [-0.25, -0.2) is 0 Å². The molecule has 0 bridgehead atoms. The van der Waals surface area contributed by atoms with Crippen molar-refractivity contribution in [1.29, 1.82) is 0 Å². The number of hydrogen-bond acceptors (Lipinski definition) is 0. The van der Waals surface area contributed by atoms with Crippen molar-refractivity contribution in [3.8, 4) is 0 Å². The molecule has 0 aliphatic rings. The Labute approximate surface area is 160 Å². The van der Waals surface area contributed by atoms with Crippen molar-refractivity contribution in [3.63, 3.8) is 0 Å². The molecule has 0 saturated heterocycles. The fourth-order valence-electron chi connectivity index (χ4n) is 3.31. The van der Waals surface area contributed by atoms with Crippen molar-refractivity contribution < 1.29 is 0 Å². The topological polar surface area (TPSA) is 0 Å². The highest BCUT2D eigenvalue weighted by atomic mass is 14.4. The lowest BCUT2D eigenvalue weighted by molar-refractivity contribution is 0.474. The molecule has 0 radical (unpaired) electrons. The number of rotatable bonds is 4. The second kappa shape index (κ2) is 11.3. The molecule has 0 N–H and O–H groups in total. The minimum atomic E-state index is -0.0517. The highest BCUT2D eigenvalue weighted by molar-refractivity contribution is 5.43. The van der Waals surface area contributed by atoms with E-state index in [1.807, 2.05) is 27.7 Å². The lowest BCUT2D eigenvalue weighted by Gasteiger charge is -2.37. The maximum atomic E-state index is 2.36. The first-order valence-electron chi connectivity index (χ1n) is 9.89. The van der Waals surface area contributed by atoms with Gasteiger partial charge in [-0.05, 0) is 22.6 Å². The van der Waals surface area contributed by atoms with Gasteiger partial charge < -0.3 is 0 Å². The van der Waals surface area contributed by atoms with Crippen molar-refractivity contribution in [2.24, 2.45) is 0 Å². The molecule has 0 heteroatoms. The molecule has 0 amide bonds. The summed E-state index contributed by atoms with van der Waals surface area (Å²) in [4.78, 5) is 0. The average molecular weight is 347 g/mol. The fourth-order valence-corrected chi connectivity index (χ4v) is 3.31. The maximum absolute atomic E-state index is 2.36. The van der Waals surface area contributed by atoms with Crippen LogP contribution < -0.4 is 0 Å². The zero-order valence-electron chi connectivity index (χ0n) is 17.2. The van der Waals surface area contributed by atoms with Crippen molar-refractivity contribution >= 4 is 0 Å². The third-order valence-corrected chi connectivity index (χ3v) is 4.91. The third kappa shape index (κ3) is 4.85. The standard InChI is InChI=1S/C22H22.2C2H6/c1-18(19-12-6-3-7-13-19)22(2,20-14-8-4-9-15-20)21-16-10-5-11-17-21;2*1-2/h3-18H,1-2H3;2*1-2H3. The van der Waals surface area contributed by atoms with Crippen molar-refractivity contribution in [2.45, 2.75) is 52.9 Å². The van der Waals surface area contributed by atoms with E-state index in [-0.39, 0.29) is 5.41 Å². The fraction of sp³-hybridized carbons (Fsp3) is 0.308. The molecule has 3 aromatic rings. The average Bonchev–Trinajstić information content (AvgIpc) is 2.77. The van der Waals surface area contributed by atoms with Gasteiger partial charge in [-0.15, -0.1) is 0 Å². The Kier molecular flexibility index (Phi) is 9.44. The van der Waals surface area contributed by atoms with Crippen LogP contribution in [0.4, 0.5) is 0 Å². The quantitative estimate of drug-likeness (QED) is 0.451. The Morgan fingerprint density at radius 1 is 0.538 bits per heavy atom. The lowest BCUT2D eigenvalue weighted by Crippen LogP contribution is -2.30. The Bertz CT molecular complexity index is 659. The van der Waals surface area contributed by atoms with Crippen LogP contribution in [-0.2, 0) is 5.41 Å². The molecule has 0 saturated carbocycles. The van der Waals surface area contributed by atoms with Crippen LogP contribution in [0, 0.1) is 0 Å². The van der Waals surface area contributed by atoms with Crippen LogP contribution in [0.2, 0.25) is 0 Å². The van der Waals surface area contributed by atoms with Gasteiger partial charge in [0.15, 0.2) is 0 Å². The largest absolute Gasteiger partial charge is 0.0683 e. The molecule has 0 fully saturated rings. The zero-order valence-corrected chi connectivity index (χ0v) is 17.2. The molecule has 0 spiro atoms. The summed E-state index contributed by atoms with van der Waals surface area (Å²) in [7, 11) is 0. The van der Waals surface area contributed by atoms with Gasteiger partial charge in [0.2, 0.25) is 0 Å². The van der Waals surface area contributed by atoms with Gasteiger partial charge in [0.1, 0.15) is 0 Å². The van der Waals surface area contributed by atoms with E-state index in [0.717, 1.165) is 0 Å². The molecular weight excluding hydrogens is 312 g/mol. The molecule has 0 aliphatic heterocycles. The minimum absolute atomic E-state index is 0.0517. The van der Waals surface area contributed by atoms with Crippen LogP contribution in [0.3, 0.4) is 0 Å². The van der Waals surface area contributed by atoms with Crippen LogP contribution in [0.15, 0.2) is 91.0 Å². The van der Waals surface area contributed by atoms with E-state index in [9.17, 15) is 0 Å². The molecular formula is C26H34. The Hall–Kier alpha value is -2.34. The van der Waals surface area contributed by atoms with Crippen LogP contribution in [0.1, 0.15) is 64.2 Å². The first-order valence-corrected chi connectivity index (χ1v) is 9.89. The molecule has 0 aromatic heterocycles. The molecule has 0 aliphatic carbocycles. The molecule has 3 aromatic carbocycles. The van der Waals surface area contributed by atoms with Gasteiger partial charge in [-0.1, -0.05) is 133 Å². The van der Waals surface area contributed by atoms with E-state index in [2.05, 4.69) is 105 Å². The second-order valence-electron chi connectivity index (χ2n) is 6.07. The van der Waals surface area contributed by atoms with E-state index >= 15 is 0 Å². The maximum Gasteiger partial charge on any atom is 0.0240 e. The van der Waals surface area contributed by atoms with Crippen LogP contribution in [0.25, 0.3) is 0 Å². The van der Waals surface area contributed by atoms with Gasteiger partial charge in [0.25, 0.3) is 0 Å². The normalized spacial score (nSPS) is 11.3. The molecule has 138 valence electrons. The van der Waals surface area contributed by atoms with Crippen LogP contribution in [-0.4, -0.2) is 0 Å². The zero-order chi connectivity index (χ0) is 19.4. The molecule has 0 heterocycles. The first kappa shape index (κ1) is 21.7. The van der Waals surface area contributed by atoms with E-state index in [0.29, 0.717) is 5.92 Å². The monoisotopic (exact) mass is 346 g/mol. The summed E-state index contributed by atoms with van der Waals surface area (Å²) in [5.41, 5.74) is 4.04. The smallest absolute Gasteiger partial charge is 0.0240 e. The predicted octanol–water partition coefficient (Wildman–Crippen LogP) is 7.85. The van der Waals surface area contributed by atoms with Crippen LogP contribution >= 0.6 is 0 Å². The lowest BCUT2D eigenvalue weighted by atomic mass is 9.66. The minimum Gasteiger partial charge on any atom is -0.0683 e. The summed E-state index contributed by atoms with van der Waals surface area (Å²) < 4.78 is 0. The molecule has 0 nitrogen and oxygen atoms in total. The first-order chi connectivity index (χ1) is 12.7. The molecule has 3 rings (SSSR count). The number of benzene rings is 3. The molecule has 1 atom stereocenters. The van der Waals surface area contributed by atoms with E-state index in [1.54, 1.807) is 0 Å². The van der Waals surface area contributed by atoms with Gasteiger partial charge >= 0.3 is 0 Å². The second-order valence-corrected chi connectivity index (χ2v) is 6.07. The predicted molar refractivity (Wildman–Crippen MR) is 117 cm³/mol. The SMILES string of the molecule is CC.CC.CC(c1ccccc1)C(C)(c1ccccc1)c1ccccc1. The summed E-state index contributed by atoms with van der Waals surface area (Å²) in [6, 6.07) is 32.5. The van der Waals surface area contributed by atoms with Gasteiger partial charge in [-0.2, -0.15) is 0 Å². The van der Waals surface area contributed by atoms with Crippen molar-refractivity contribution in [2.75, 3.05) is 0 Å².